The number of benzene rings is 2. The number of nitrogens with one attached hydrogen (secondary N) is 1. The third-order valence-electron chi connectivity index (χ3n) is 5.67. The van der Waals surface area contributed by atoms with Crippen molar-refractivity contribution in [2.45, 2.75) is 38.0 Å². The van der Waals surface area contributed by atoms with Crippen LogP contribution in [0.5, 0.6) is 23.0 Å². The summed E-state index contributed by atoms with van der Waals surface area (Å²) in [7, 11) is 0. The second-order valence-corrected chi connectivity index (χ2v) is 9.10. The van der Waals surface area contributed by atoms with Crippen molar-refractivity contribution in [2.75, 3.05) is 32.2 Å². The Morgan fingerprint density at radius 2 is 1.57 bits per heavy atom. The molecule has 0 saturated heterocycles. The van der Waals surface area contributed by atoms with Gasteiger partial charge in [0, 0.05) is 31.5 Å². The standard InChI is InChI=1S/C25H28N4O5S/c1-2-29-24(18-6-8-20-22(14-18)34-12-4-10-32-20)27-28-25(29)35-16-23(30)26-15-17-5-7-19-21(13-17)33-11-3-9-31-19/h5-8,13-14H,2-4,9-12,15-16H2,1H3,(H,26,30). The van der Waals surface area contributed by atoms with Crippen LogP contribution < -0.4 is 24.3 Å². The summed E-state index contributed by atoms with van der Waals surface area (Å²) >= 11 is 1.36. The molecule has 0 aliphatic carbocycles. The maximum absolute atomic E-state index is 12.5. The molecule has 35 heavy (non-hydrogen) atoms. The van der Waals surface area contributed by atoms with Crippen molar-refractivity contribution in [2.24, 2.45) is 0 Å². The Hall–Kier alpha value is -3.40. The molecule has 1 amide bonds. The molecule has 0 saturated carbocycles. The Bertz CT molecular complexity index is 1200. The van der Waals surface area contributed by atoms with Crippen molar-refractivity contribution >= 4 is 17.7 Å². The maximum Gasteiger partial charge on any atom is 0.230 e. The van der Waals surface area contributed by atoms with Gasteiger partial charge >= 0.3 is 0 Å². The molecular weight excluding hydrogens is 468 g/mol. The van der Waals surface area contributed by atoms with Gasteiger partial charge in [-0.1, -0.05) is 17.8 Å². The largest absolute Gasteiger partial charge is 0.490 e. The first-order valence-electron chi connectivity index (χ1n) is 11.8. The fourth-order valence-corrected chi connectivity index (χ4v) is 4.73. The van der Waals surface area contributed by atoms with Crippen molar-refractivity contribution in [3.63, 3.8) is 0 Å². The van der Waals surface area contributed by atoms with Crippen LogP contribution in [-0.4, -0.2) is 52.9 Å². The van der Waals surface area contributed by atoms with Gasteiger partial charge in [0.25, 0.3) is 0 Å². The molecule has 3 heterocycles. The van der Waals surface area contributed by atoms with Crippen molar-refractivity contribution in [1.29, 1.82) is 0 Å². The number of fused-ring (bicyclic) bond motifs is 2. The van der Waals surface area contributed by atoms with E-state index in [9.17, 15) is 4.79 Å². The molecule has 2 aliphatic heterocycles. The van der Waals surface area contributed by atoms with Gasteiger partial charge in [0.05, 0.1) is 32.2 Å². The van der Waals surface area contributed by atoms with Gasteiger partial charge in [-0.15, -0.1) is 10.2 Å². The predicted octanol–water partition coefficient (Wildman–Crippen LogP) is 3.70. The SMILES string of the molecule is CCn1c(SCC(=O)NCc2ccc3c(c2)OCCCO3)nnc1-c1ccc2c(c1)OCCCO2. The average Bonchev–Trinajstić information content (AvgIpc) is 3.02. The number of amides is 1. The third kappa shape index (κ3) is 5.48. The minimum absolute atomic E-state index is 0.0788. The van der Waals surface area contributed by atoms with Crippen LogP contribution in [0, 0.1) is 0 Å². The van der Waals surface area contributed by atoms with Crippen LogP contribution in [0.2, 0.25) is 0 Å². The fraction of sp³-hybridized carbons (Fsp3) is 0.400. The van der Waals surface area contributed by atoms with Crippen LogP contribution in [0.3, 0.4) is 0 Å². The Balaban J connectivity index is 1.20. The molecule has 3 aromatic rings. The van der Waals surface area contributed by atoms with Crippen LogP contribution in [0.25, 0.3) is 11.4 Å². The van der Waals surface area contributed by atoms with Gasteiger partial charge in [-0.05, 0) is 42.8 Å². The lowest BCUT2D eigenvalue weighted by Crippen LogP contribution is -2.24. The molecule has 0 bridgehead atoms. The topological polar surface area (TPSA) is 96.7 Å². The van der Waals surface area contributed by atoms with E-state index < -0.39 is 0 Å². The quantitative estimate of drug-likeness (QED) is 0.495. The Morgan fingerprint density at radius 3 is 2.29 bits per heavy atom. The average molecular weight is 497 g/mol. The normalized spacial score (nSPS) is 14.7. The van der Waals surface area contributed by atoms with Crippen molar-refractivity contribution < 1.29 is 23.7 Å². The molecular formula is C25H28N4O5S. The highest BCUT2D eigenvalue weighted by Crippen LogP contribution is 2.35. The van der Waals surface area contributed by atoms with E-state index >= 15 is 0 Å². The van der Waals surface area contributed by atoms with Crippen molar-refractivity contribution in [3.8, 4) is 34.4 Å². The van der Waals surface area contributed by atoms with Gasteiger partial charge in [-0.25, -0.2) is 0 Å². The summed E-state index contributed by atoms with van der Waals surface area (Å²) in [6.45, 7) is 5.68. The summed E-state index contributed by atoms with van der Waals surface area (Å²) in [5.74, 6) is 3.83. The van der Waals surface area contributed by atoms with E-state index in [0.717, 1.165) is 47.0 Å². The zero-order valence-corrected chi connectivity index (χ0v) is 20.4. The number of thioether (sulfide) groups is 1. The highest BCUT2D eigenvalue weighted by Gasteiger charge is 2.18. The minimum atomic E-state index is -0.0788. The van der Waals surface area contributed by atoms with Crippen molar-refractivity contribution in [3.05, 3.63) is 42.0 Å². The number of ether oxygens (including phenoxy) is 4. The monoisotopic (exact) mass is 496 g/mol. The third-order valence-corrected chi connectivity index (χ3v) is 6.64. The molecule has 2 aliphatic rings. The summed E-state index contributed by atoms with van der Waals surface area (Å²) in [5, 5.41) is 12.4. The molecule has 184 valence electrons. The summed E-state index contributed by atoms with van der Waals surface area (Å²) in [5.41, 5.74) is 1.86. The van der Waals surface area contributed by atoms with E-state index in [1.54, 1.807) is 0 Å². The van der Waals surface area contributed by atoms with Crippen LogP contribution in [0.4, 0.5) is 0 Å². The zero-order valence-electron chi connectivity index (χ0n) is 19.6. The molecule has 0 atom stereocenters. The lowest BCUT2D eigenvalue weighted by molar-refractivity contribution is -0.118. The minimum Gasteiger partial charge on any atom is -0.490 e. The molecule has 2 aromatic carbocycles. The Labute approximate surface area is 208 Å². The number of carbonyl (C=O) groups is 1. The van der Waals surface area contributed by atoms with E-state index in [-0.39, 0.29) is 11.7 Å². The van der Waals surface area contributed by atoms with Crippen LogP contribution in [0.1, 0.15) is 25.3 Å². The molecule has 9 nitrogen and oxygen atoms in total. The lowest BCUT2D eigenvalue weighted by Gasteiger charge is -2.11. The van der Waals surface area contributed by atoms with Crippen LogP contribution in [0.15, 0.2) is 41.6 Å². The van der Waals surface area contributed by atoms with E-state index in [4.69, 9.17) is 18.9 Å². The van der Waals surface area contributed by atoms with E-state index in [1.165, 1.54) is 11.8 Å². The van der Waals surface area contributed by atoms with Crippen molar-refractivity contribution in [1.82, 2.24) is 20.1 Å². The maximum atomic E-state index is 12.5. The molecule has 0 unspecified atom stereocenters. The molecule has 1 aromatic heterocycles. The molecule has 5 rings (SSSR count). The molecule has 10 heteroatoms. The first-order chi connectivity index (χ1) is 17.2. The molecule has 1 N–H and O–H groups in total. The summed E-state index contributed by atoms with van der Waals surface area (Å²) < 4.78 is 24.9. The van der Waals surface area contributed by atoms with Gasteiger partial charge in [0.2, 0.25) is 5.91 Å². The zero-order chi connectivity index (χ0) is 24.0. The van der Waals surface area contributed by atoms with Gasteiger partial charge in [0.1, 0.15) is 0 Å². The van der Waals surface area contributed by atoms with Gasteiger partial charge < -0.3 is 28.8 Å². The molecule has 0 fully saturated rings. The van der Waals surface area contributed by atoms with E-state index in [2.05, 4.69) is 15.5 Å². The summed E-state index contributed by atoms with van der Waals surface area (Å²) in [4.78, 5) is 12.5. The highest BCUT2D eigenvalue weighted by molar-refractivity contribution is 7.99. The first kappa shape index (κ1) is 23.3. The second kappa shape index (κ2) is 10.9. The van der Waals surface area contributed by atoms with Gasteiger partial charge in [-0.2, -0.15) is 0 Å². The number of hydrogen-bond donors (Lipinski definition) is 1. The first-order valence-corrected chi connectivity index (χ1v) is 12.8. The predicted molar refractivity (Wildman–Crippen MR) is 131 cm³/mol. The fourth-order valence-electron chi connectivity index (χ4n) is 3.90. The van der Waals surface area contributed by atoms with Crippen LogP contribution >= 0.6 is 11.8 Å². The number of carbonyl (C=O) groups excluding carboxylic acids is 1. The Kier molecular flexibility index (Phi) is 7.27. The molecule has 0 radical (unpaired) electrons. The van der Waals surface area contributed by atoms with Gasteiger partial charge in [0.15, 0.2) is 34.0 Å². The number of nitrogens with zero attached hydrogens (tertiary/aromatic N) is 3. The van der Waals surface area contributed by atoms with E-state index in [0.29, 0.717) is 50.4 Å². The highest BCUT2D eigenvalue weighted by atomic mass is 32.2. The number of hydrogen-bond acceptors (Lipinski definition) is 8. The van der Waals surface area contributed by atoms with E-state index in [1.807, 2.05) is 47.9 Å². The number of rotatable bonds is 7. The smallest absolute Gasteiger partial charge is 0.230 e. The summed E-state index contributed by atoms with van der Waals surface area (Å²) in [6, 6.07) is 11.6. The number of aromatic nitrogens is 3. The lowest BCUT2D eigenvalue weighted by atomic mass is 10.2. The summed E-state index contributed by atoms with van der Waals surface area (Å²) in [6.07, 6.45) is 1.71. The second-order valence-electron chi connectivity index (χ2n) is 8.16. The molecule has 0 spiro atoms. The Morgan fingerprint density at radius 1 is 0.914 bits per heavy atom. The van der Waals surface area contributed by atoms with Gasteiger partial charge in [-0.3, -0.25) is 4.79 Å². The van der Waals surface area contributed by atoms with Crippen LogP contribution in [-0.2, 0) is 17.9 Å².